The lowest BCUT2D eigenvalue weighted by Gasteiger charge is -2.35. The largest absolute Gasteiger partial charge is 0.353 e. The molecule has 0 saturated carbocycles. The molecule has 1 aliphatic rings. The highest BCUT2D eigenvalue weighted by Crippen LogP contribution is 2.24. The van der Waals surface area contributed by atoms with Gasteiger partial charge in [0, 0.05) is 45.0 Å². The molecule has 1 saturated heterocycles. The average molecular weight is 389 g/mol. The number of piperazine rings is 1. The summed E-state index contributed by atoms with van der Waals surface area (Å²) in [7, 11) is 0. The lowest BCUT2D eigenvalue weighted by molar-refractivity contribution is 0.249. The van der Waals surface area contributed by atoms with Crippen molar-refractivity contribution in [3.8, 4) is 0 Å². The quantitative estimate of drug-likeness (QED) is 0.642. The first-order chi connectivity index (χ1) is 14.2. The van der Waals surface area contributed by atoms with Crippen LogP contribution in [0, 0.1) is 6.92 Å². The van der Waals surface area contributed by atoms with Crippen LogP contribution in [0.4, 0.5) is 17.5 Å². The summed E-state index contributed by atoms with van der Waals surface area (Å²) in [6.07, 6.45) is 1.78. The molecule has 2 heterocycles. The maximum absolute atomic E-state index is 4.84. The molecule has 6 nitrogen and oxygen atoms in total. The van der Waals surface area contributed by atoms with E-state index < -0.39 is 0 Å². The van der Waals surface area contributed by atoms with Crippen molar-refractivity contribution in [2.24, 2.45) is 0 Å². The van der Waals surface area contributed by atoms with E-state index in [-0.39, 0.29) is 0 Å². The number of nitrogens with zero attached hydrogens (tertiary/aromatic N) is 6. The van der Waals surface area contributed by atoms with Gasteiger partial charge in [-0.2, -0.15) is 10.1 Å². The molecule has 0 radical (unpaired) electrons. The van der Waals surface area contributed by atoms with Crippen LogP contribution in [0.2, 0.25) is 0 Å². The highest BCUT2D eigenvalue weighted by atomic mass is 15.4. The van der Waals surface area contributed by atoms with Crippen molar-refractivity contribution in [1.82, 2.24) is 20.1 Å². The molecule has 0 bridgehead atoms. The summed E-state index contributed by atoms with van der Waals surface area (Å²) in [4.78, 5) is 11.8. The molecule has 1 aromatic heterocycles. The molecule has 0 amide bonds. The van der Waals surface area contributed by atoms with Crippen LogP contribution in [-0.4, -0.2) is 52.8 Å². The van der Waals surface area contributed by atoms with Crippen LogP contribution in [0.1, 0.15) is 18.1 Å². The minimum absolute atomic E-state index is 0.655. The molecule has 0 spiro atoms. The Morgan fingerprint density at radius 2 is 1.76 bits per heavy atom. The van der Waals surface area contributed by atoms with Crippen molar-refractivity contribution in [2.75, 3.05) is 42.5 Å². The number of anilines is 3. The molecule has 1 aliphatic heterocycles. The predicted molar refractivity (Wildman–Crippen MR) is 118 cm³/mol. The molecule has 1 fully saturated rings. The summed E-state index contributed by atoms with van der Waals surface area (Å²) in [5, 5.41) is 8.56. The highest BCUT2D eigenvalue weighted by Gasteiger charge is 2.20. The zero-order valence-electron chi connectivity index (χ0n) is 17.2. The van der Waals surface area contributed by atoms with E-state index >= 15 is 0 Å². The van der Waals surface area contributed by atoms with E-state index in [4.69, 9.17) is 4.98 Å². The van der Waals surface area contributed by atoms with E-state index in [0.717, 1.165) is 50.8 Å². The molecule has 0 unspecified atom stereocenters. The molecule has 29 heavy (non-hydrogen) atoms. The maximum Gasteiger partial charge on any atom is 0.251 e. The van der Waals surface area contributed by atoms with Crippen molar-refractivity contribution in [3.63, 3.8) is 0 Å². The first-order valence-corrected chi connectivity index (χ1v) is 10.3. The van der Waals surface area contributed by atoms with Gasteiger partial charge in [0.25, 0.3) is 5.95 Å². The molecule has 0 N–H and O–H groups in total. The summed E-state index contributed by atoms with van der Waals surface area (Å²) in [6, 6.07) is 19.1. The monoisotopic (exact) mass is 388 g/mol. The van der Waals surface area contributed by atoms with E-state index in [1.54, 1.807) is 6.20 Å². The third-order valence-corrected chi connectivity index (χ3v) is 5.35. The summed E-state index contributed by atoms with van der Waals surface area (Å²) < 4.78 is 0. The number of benzene rings is 2. The fourth-order valence-electron chi connectivity index (χ4n) is 3.76. The third-order valence-electron chi connectivity index (χ3n) is 5.35. The van der Waals surface area contributed by atoms with E-state index in [9.17, 15) is 0 Å². The van der Waals surface area contributed by atoms with E-state index in [1.807, 2.05) is 0 Å². The molecule has 150 valence electrons. The summed E-state index contributed by atoms with van der Waals surface area (Å²) in [5.41, 5.74) is 3.68. The van der Waals surface area contributed by atoms with Crippen LogP contribution in [0.3, 0.4) is 0 Å². The Hall–Kier alpha value is -2.99. The fourth-order valence-corrected chi connectivity index (χ4v) is 3.76. The van der Waals surface area contributed by atoms with Gasteiger partial charge in [0.2, 0.25) is 0 Å². The third kappa shape index (κ3) is 4.71. The standard InChI is InChI=1S/C23H28N6/c1-3-29(21-11-7-8-19(2)16-21)23-25-22(17-24-26-23)28-14-12-27(13-15-28)18-20-9-5-4-6-10-20/h4-11,16-17H,3,12-15,18H2,1-2H3. The first kappa shape index (κ1) is 19.3. The number of aryl methyl sites for hydroxylation is 1. The second kappa shape index (κ2) is 9.01. The van der Waals surface area contributed by atoms with Gasteiger partial charge in [0.15, 0.2) is 5.82 Å². The predicted octanol–water partition coefficient (Wildman–Crippen LogP) is 3.66. The van der Waals surface area contributed by atoms with Gasteiger partial charge >= 0.3 is 0 Å². The Bertz CT molecular complexity index is 921. The van der Waals surface area contributed by atoms with E-state index in [0.29, 0.717) is 5.95 Å². The molecular weight excluding hydrogens is 360 g/mol. The van der Waals surface area contributed by atoms with Gasteiger partial charge in [-0.15, -0.1) is 5.10 Å². The lowest BCUT2D eigenvalue weighted by atomic mass is 10.2. The van der Waals surface area contributed by atoms with Gasteiger partial charge in [0.05, 0.1) is 6.20 Å². The molecule has 6 heteroatoms. The van der Waals surface area contributed by atoms with E-state index in [2.05, 4.69) is 93.3 Å². The van der Waals surface area contributed by atoms with Crippen LogP contribution in [0.5, 0.6) is 0 Å². The smallest absolute Gasteiger partial charge is 0.251 e. The van der Waals surface area contributed by atoms with Gasteiger partial charge in [-0.3, -0.25) is 4.90 Å². The van der Waals surface area contributed by atoms with Crippen molar-refractivity contribution < 1.29 is 0 Å². The fraction of sp³-hybridized carbons (Fsp3) is 0.348. The van der Waals surface area contributed by atoms with Crippen molar-refractivity contribution in [3.05, 3.63) is 71.9 Å². The van der Waals surface area contributed by atoms with E-state index in [1.165, 1.54) is 11.1 Å². The van der Waals surface area contributed by atoms with Crippen molar-refractivity contribution >= 4 is 17.5 Å². The van der Waals surface area contributed by atoms with Gasteiger partial charge in [-0.1, -0.05) is 42.5 Å². The lowest BCUT2D eigenvalue weighted by Crippen LogP contribution is -2.46. The molecule has 2 aromatic carbocycles. The van der Waals surface area contributed by atoms with Crippen LogP contribution in [0.25, 0.3) is 0 Å². The first-order valence-electron chi connectivity index (χ1n) is 10.3. The van der Waals surface area contributed by atoms with Gasteiger partial charge in [0.1, 0.15) is 0 Å². The number of hydrogen-bond acceptors (Lipinski definition) is 6. The van der Waals surface area contributed by atoms with Crippen LogP contribution in [-0.2, 0) is 6.54 Å². The molecule has 3 aromatic rings. The SMILES string of the molecule is CCN(c1cccc(C)c1)c1nncc(N2CCN(Cc3ccccc3)CC2)n1. The molecule has 4 rings (SSSR count). The van der Waals surface area contributed by atoms with Crippen LogP contribution in [0.15, 0.2) is 60.8 Å². The number of rotatable bonds is 6. The Kier molecular flexibility index (Phi) is 6.00. The Balaban J connectivity index is 1.44. The van der Waals surface area contributed by atoms with Gasteiger partial charge in [-0.05, 0) is 37.1 Å². The molecule has 0 aliphatic carbocycles. The van der Waals surface area contributed by atoms with Crippen LogP contribution >= 0.6 is 0 Å². The van der Waals surface area contributed by atoms with Gasteiger partial charge < -0.3 is 9.80 Å². The summed E-state index contributed by atoms with van der Waals surface area (Å²) in [6.45, 7) is 9.93. The topological polar surface area (TPSA) is 48.4 Å². The highest BCUT2D eigenvalue weighted by molar-refractivity contribution is 5.59. The Morgan fingerprint density at radius 1 is 0.966 bits per heavy atom. The zero-order chi connectivity index (χ0) is 20.1. The van der Waals surface area contributed by atoms with Crippen molar-refractivity contribution in [2.45, 2.75) is 20.4 Å². The summed E-state index contributed by atoms with van der Waals surface area (Å²) in [5.74, 6) is 1.56. The number of aromatic nitrogens is 3. The summed E-state index contributed by atoms with van der Waals surface area (Å²) >= 11 is 0. The second-order valence-corrected chi connectivity index (χ2v) is 7.45. The minimum Gasteiger partial charge on any atom is -0.353 e. The molecular formula is C23H28N6. The minimum atomic E-state index is 0.655. The maximum atomic E-state index is 4.84. The zero-order valence-corrected chi connectivity index (χ0v) is 17.2. The normalized spacial score (nSPS) is 14.8. The second-order valence-electron chi connectivity index (χ2n) is 7.45. The average Bonchev–Trinajstić information content (AvgIpc) is 2.76. The van der Waals surface area contributed by atoms with Crippen molar-refractivity contribution in [1.29, 1.82) is 0 Å². The Morgan fingerprint density at radius 3 is 2.48 bits per heavy atom. The Labute approximate surface area is 172 Å². The van der Waals surface area contributed by atoms with Gasteiger partial charge in [-0.25, -0.2) is 0 Å². The number of hydrogen-bond donors (Lipinski definition) is 0. The molecule has 0 atom stereocenters. The van der Waals surface area contributed by atoms with Crippen LogP contribution < -0.4 is 9.80 Å².